The summed E-state index contributed by atoms with van der Waals surface area (Å²) in [6.45, 7) is 13.5. The summed E-state index contributed by atoms with van der Waals surface area (Å²) in [6, 6.07) is 0.358. The van der Waals surface area contributed by atoms with Gasteiger partial charge in [-0.15, -0.1) is 0 Å². The summed E-state index contributed by atoms with van der Waals surface area (Å²) in [6.07, 6.45) is 5.43. The SMILES string of the molecule is CCNC(=NCCCN1CCC(C)CC1)NC1CCN(C(=O)OCC)CC1. The van der Waals surface area contributed by atoms with Crippen molar-refractivity contribution in [3.05, 3.63) is 0 Å². The summed E-state index contributed by atoms with van der Waals surface area (Å²) in [7, 11) is 0. The molecule has 7 nitrogen and oxygen atoms in total. The maximum Gasteiger partial charge on any atom is 0.409 e. The first-order chi connectivity index (χ1) is 13.1. The van der Waals surface area contributed by atoms with Crippen LogP contribution in [0.4, 0.5) is 4.79 Å². The zero-order chi connectivity index (χ0) is 19.5. The van der Waals surface area contributed by atoms with Crippen LogP contribution in [0.5, 0.6) is 0 Å². The van der Waals surface area contributed by atoms with Crippen molar-refractivity contribution in [1.82, 2.24) is 20.4 Å². The maximum absolute atomic E-state index is 11.8. The third-order valence-electron chi connectivity index (χ3n) is 5.48. The van der Waals surface area contributed by atoms with Crippen molar-refractivity contribution in [2.24, 2.45) is 10.9 Å². The van der Waals surface area contributed by atoms with Gasteiger partial charge in [0.25, 0.3) is 0 Å². The predicted octanol–water partition coefficient (Wildman–Crippen LogP) is 2.28. The number of carbonyl (C=O) groups is 1. The minimum atomic E-state index is -0.191. The van der Waals surface area contributed by atoms with Crippen LogP contribution in [0.2, 0.25) is 0 Å². The monoisotopic (exact) mass is 381 g/mol. The highest BCUT2D eigenvalue weighted by Crippen LogP contribution is 2.16. The van der Waals surface area contributed by atoms with Crippen molar-refractivity contribution < 1.29 is 9.53 Å². The van der Waals surface area contributed by atoms with Crippen LogP contribution in [0.1, 0.15) is 52.9 Å². The minimum absolute atomic E-state index is 0.191. The largest absolute Gasteiger partial charge is 0.450 e. The highest BCUT2D eigenvalue weighted by Gasteiger charge is 2.24. The molecule has 0 aromatic heterocycles. The molecule has 0 aromatic rings. The Hall–Kier alpha value is -1.50. The number of ether oxygens (including phenoxy) is 1. The molecule has 7 heteroatoms. The standard InChI is InChI=1S/C20H39N5O2/c1-4-21-19(22-11-6-12-24-13-7-17(3)8-14-24)23-18-9-15-25(16-10-18)20(26)27-5-2/h17-18H,4-16H2,1-3H3,(H2,21,22,23). The number of rotatable bonds is 7. The normalized spacial score (nSPS) is 20.6. The molecule has 1 amide bonds. The van der Waals surface area contributed by atoms with Crippen LogP contribution in [0.3, 0.4) is 0 Å². The van der Waals surface area contributed by atoms with E-state index in [0.717, 1.165) is 63.9 Å². The molecule has 0 aliphatic carbocycles. The van der Waals surface area contributed by atoms with E-state index in [1.54, 1.807) is 4.90 Å². The smallest absolute Gasteiger partial charge is 0.409 e. The van der Waals surface area contributed by atoms with Gasteiger partial charge in [0, 0.05) is 32.2 Å². The number of hydrogen-bond acceptors (Lipinski definition) is 4. The number of aliphatic imine (C=N–C) groups is 1. The van der Waals surface area contributed by atoms with Gasteiger partial charge in [0.05, 0.1) is 6.61 Å². The van der Waals surface area contributed by atoms with E-state index in [-0.39, 0.29) is 6.09 Å². The molecule has 0 atom stereocenters. The number of nitrogens with zero attached hydrogens (tertiary/aromatic N) is 3. The lowest BCUT2D eigenvalue weighted by Crippen LogP contribution is -2.50. The molecule has 27 heavy (non-hydrogen) atoms. The summed E-state index contributed by atoms with van der Waals surface area (Å²) in [5.74, 6) is 1.79. The highest BCUT2D eigenvalue weighted by atomic mass is 16.6. The van der Waals surface area contributed by atoms with Gasteiger partial charge in [-0.2, -0.15) is 0 Å². The third kappa shape index (κ3) is 7.95. The Labute approximate surface area is 164 Å². The predicted molar refractivity (Wildman–Crippen MR) is 110 cm³/mol. The van der Waals surface area contributed by atoms with Crippen molar-refractivity contribution in [2.45, 2.75) is 58.9 Å². The van der Waals surface area contributed by atoms with E-state index in [1.807, 2.05) is 6.92 Å². The molecule has 2 rings (SSSR count). The van der Waals surface area contributed by atoms with Gasteiger partial charge in [-0.1, -0.05) is 6.92 Å². The molecule has 0 spiro atoms. The molecule has 156 valence electrons. The number of hydrogen-bond donors (Lipinski definition) is 2. The molecule has 0 saturated carbocycles. The molecular formula is C20H39N5O2. The van der Waals surface area contributed by atoms with Crippen molar-refractivity contribution in [1.29, 1.82) is 0 Å². The summed E-state index contributed by atoms with van der Waals surface area (Å²) >= 11 is 0. The molecule has 2 saturated heterocycles. The van der Waals surface area contributed by atoms with E-state index in [0.29, 0.717) is 12.6 Å². The lowest BCUT2D eigenvalue weighted by atomic mass is 9.99. The fraction of sp³-hybridized carbons (Fsp3) is 0.900. The Balaban J connectivity index is 1.68. The zero-order valence-electron chi connectivity index (χ0n) is 17.5. The first kappa shape index (κ1) is 21.8. The van der Waals surface area contributed by atoms with Crippen LogP contribution < -0.4 is 10.6 Å². The number of nitrogens with one attached hydrogen (secondary N) is 2. The van der Waals surface area contributed by atoms with Gasteiger partial charge < -0.3 is 25.2 Å². The van der Waals surface area contributed by atoms with Crippen molar-refractivity contribution in [3.8, 4) is 0 Å². The van der Waals surface area contributed by atoms with E-state index >= 15 is 0 Å². The zero-order valence-corrected chi connectivity index (χ0v) is 17.5. The van der Waals surface area contributed by atoms with Gasteiger partial charge in [0.15, 0.2) is 5.96 Å². The van der Waals surface area contributed by atoms with E-state index in [2.05, 4.69) is 29.4 Å². The molecule has 2 N–H and O–H groups in total. The van der Waals surface area contributed by atoms with Crippen LogP contribution in [-0.2, 0) is 4.74 Å². The van der Waals surface area contributed by atoms with Gasteiger partial charge >= 0.3 is 6.09 Å². The molecular weight excluding hydrogens is 342 g/mol. The quantitative estimate of drug-likeness (QED) is 0.402. The summed E-state index contributed by atoms with van der Waals surface area (Å²) in [5.41, 5.74) is 0. The van der Waals surface area contributed by atoms with Gasteiger partial charge in [-0.3, -0.25) is 4.99 Å². The fourth-order valence-electron chi connectivity index (χ4n) is 3.71. The van der Waals surface area contributed by atoms with Gasteiger partial charge in [0.1, 0.15) is 0 Å². The Morgan fingerprint density at radius 2 is 1.81 bits per heavy atom. The Morgan fingerprint density at radius 1 is 1.11 bits per heavy atom. The van der Waals surface area contributed by atoms with Crippen molar-refractivity contribution in [2.75, 3.05) is 52.4 Å². The van der Waals surface area contributed by atoms with Crippen LogP contribution in [-0.4, -0.2) is 80.3 Å². The number of piperidine rings is 2. The molecule has 0 radical (unpaired) electrons. The second-order valence-corrected chi connectivity index (χ2v) is 7.74. The Kier molecular flexibility index (Phi) is 9.73. The molecule has 2 aliphatic heterocycles. The van der Waals surface area contributed by atoms with Crippen molar-refractivity contribution >= 4 is 12.1 Å². The second-order valence-electron chi connectivity index (χ2n) is 7.74. The van der Waals surface area contributed by atoms with Crippen LogP contribution >= 0.6 is 0 Å². The van der Waals surface area contributed by atoms with Crippen LogP contribution in [0.25, 0.3) is 0 Å². The molecule has 0 aromatic carbocycles. The minimum Gasteiger partial charge on any atom is -0.450 e. The molecule has 2 aliphatic rings. The maximum atomic E-state index is 11.8. The van der Waals surface area contributed by atoms with Crippen molar-refractivity contribution in [3.63, 3.8) is 0 Å². The molecule has 2 heterocycles. The van der Waals surface area contributed by atoms with Crippen LogP contribution in [0.15, 0.2) is 4.99 Å². The second kappa shape index (κ2) is 12.1. The van der Waals surface area contributed by atoms with Crippen LogP contribution in [0, 0.1) is 5.92 Å². The van der Waals surface area contributed by atoms with E-state index in [1.165, 1.54) is 25.9 Å². The fourth-order valence-corrected chi connectivity index (χ4v) is 3.71. The topological polar surface area (TPSA) is 69.2 Å². The number of likely N-dealkylation sites (tertiary alicyclic amines) is 2. The average molecular weight is 382 g/mol. The summed E-state index contributed by atoms with van der Waals surface area (Å²) in [5, 5.41) is 6.89. The number of guanidine groups is 1. The van der Waals surface area contributed by atoms with E-state index in [9.17, 15) is 4.79 Å². The molecule has 0 bridgehead atoms. The number of amides is 1. The average Bonchev–Trinajstić information content (AvgIpc) is 2.67. The summed E-state index contributed by atoms with van der Waals surface area (Å²) < 4.78 is 5.08. The Morgan fingerprint density at radius 3 is 2.44 bits per heavy atom. The van der Waals surface area contributed by atoms with Gasteiger partial charge in [-0.25, -0.2) is 4.79 Å². The lowest BCUT2D eigenvalue weighted by Gasteiger charge is -2.32. The highest BCUT2D eigenvalue weighted by molar-refractivity contribution is 5.80. The lowest BCUT2D eigenvalue weighted by molar-refractivity contribution is 0.0963. The number of carbonyl (C=O) groups excluding carboxylic acids is 1. The van der Waals surface area contributed by atoms with Gasteiger partial charge in [-0.05, 0) is 71.5 Å². The molecule has 0 unspecified atom stereocenters. The Bertz CT molecular complexity index is 455. The summed E-state index contributed by atoms with van der Waals surface area (Å²) in [4.78, 5) is 20.9. The first-order valence-electron chi connectivity index (χ1n) is 10.8. The van der Waals surface area contributed by atoms with Gasteiger partial charge in [0.2, 0.25) is 0 Å². The first-order valence-corrected chi connectivity index (χ1v) is 10.8. The van der Waals surface area contributed by atoms with E-state index in [4.69, 9.17) is 9.73 Å². The third-order valence-corrected chi connectivity index (χ3v) is 5.48. The molecule has 2 fully saturated rings. The van der Waals surface area contributed by atoms with E-state index < -0.39 is 0 Å².